The molecule has 110 valence electrons. The Morgan fingerprint density at radius 3 is 2.95 bits per heavy atom. The van der Waals surface area contributed by atoms with Gasteiger partial charge in [-0.25, -0.2) is 4.39 Å². The molecule has 6 heteroatoms. The number of halogens is 2. The van der Waals surface area contributed by atoms with Crippen molar-refractivity contribution in [2.75, 3.05) is 19.8 Å². The lowest BCUT2D eigenvalue weighted by Gasteiger charge is -2.37. The van der Waals surface area contributed by atoms with Crippen LogP contribution in [0.5, 0.6) is 0 Å². The van der Waals surface area contributed by atoms with Crippen molar-refractivity contribution in [1.82, 2.24) is 4.90 Å². The minimum atomic E-state index is -0.435. The number of hydrogen-bond acceptors (Lipinski definition) is 3. The molecule has 1 saturated heterocycles. The molecule has 1 N–H and O–H groups in total. The average molecular weight is 302 g/mol. The third kappa shape index (κ3) is 2.95. The third-order valence-corrected chi connectivity index (χ3v) is 3.76. The lowest BCUT2D eigenvalue weighted by Crippen LogP contribution is -2.52. The van der Waals surface area contributed by atoms with Crippen LogP contribution in [0.15, 0.2) is 12.1 Å². The first-order valence-corrected chi connectivity index (χ1v) is 6.81. The molecule has 1 heterocycles. The standard InChI is InChI=1S/C14H17ClFNO3/c1-8-3-11(12(15)4-13(8)16)14(19)17-5-10(6-18)20-7-9(17)2/h3-4,9-10,18H,5-7H2,1-2H3/t9-,10-/m1/s1. The fourth-order valence-corrected chi connectivity index (χ4v) is 2.42. The van der Waals surface area contributed by atoms with Gasteiger partial charge in [-0.3, -0.25) is 4.79 Å². The van der Waals surface area contributed by atoms with Crippen molar-refractivity contribution in [3.05, 3.63) is 34.1 Å². The molecule has 20 heavy (non-hydrogen) atoms. The van der Waals surface area contributed by atoms with Crippen molar-refractivity contribution in [3.8, 4) is 0 Å². The van der Waals surface area contributed by atoms with Gasteiger partial charge in [0, 0.05) is 6.54 Å². The van der Waals surface area contributed by atoms with Crippen LogP contribution >= 0.6 is 11.6 Å². The van der Waals surface area contributed by atoms with Gasteiger partial charge in [-0.15, -0.1) is 0 Å². The number of amides is 1. The Labute approximate surface area is 122 Å². The summed E-state index contributed by atoms with van der Waals surface area (Å²) in [5, 5.41) is 9.24. The summed E-state index contributed by atoms with van der Waals surface area (Å²) >= 11 is 5.97. The molecular weight excluding hydrogens is 285 g/mol. The molecular formula is C14H17ClFNO3. The van der Waals surface area contributed by atoms with Crippen LogP contribution in [0.3, 0.4) is 0 Å². The number of nitrogens with zero attached hydrogens (tertiary/aromatic N) is 1. The predicted octanol–water partition coefficient (Wildman–Crippen LogP) is 2.01. The van der Waals surface area contributed by atoms with Gasteiger partial charge < -0.3 is 14.7 Å². The number of rotatable bonds is 2. The van der Waals surface area contributed by atoms with Crippen LogP contribution in [0.4, 0.5) is 4.39 Å². The summed E-state index contributed by atoms with van der Waals surface area (Å²) < 4.78 is 18.8. The van der Waals surface area contributed by atoms with Gasteiger partial charge in [0.1, 0.15) is 5.82 Å². The van der Waals surface area contributed by atoms with E-state index in [4.69, 9.17) is 21.4 Å². The Hall–Kier alpha value is -1.17. The van der Waals surface area contributed by atoms with E-state index in [1.807, 2.05) is 6.92 Å². The van der Waals surface area contributed by atoms with Gasteiger partial charge in [-0.05, 0) is 31.5 Å². The number of aliphatic hydroxyl groups excluding tert-OH is 1. The SMILES string of the molecule is Cc1cc(C(=O)N2C[C@H](CO)OC[C@H]2C)c(Cl)cc1F. The van der Waals surface area contributed by atoms with E-state index in [2.05, 4.69) is 0 Å². The number of ether oxygens (including phenoxy) is 1. The van der Waals surface area contributed by atoms with Gasteiger partial charge in [-0.2, -0.15) is 0 Å². The first kappa shape index (κ1) is 15.2. The fourth-order valence-electron chi connectivity index (χ4n) is 2.19. The number of carbonyl (C=O) groups excluding carboxylic acids is 1. The van der Waals surface area contributed by atoms with Crippen molar-refractivity contribution >= 4 is 17.5 Å². The largest absolute Gasteiger partial charge is 0.394 e. The highest BCUT2D eigenvalue weighted by molar-refractivity contribution is 6.33. The van der Waals surface area contributed by atoms with Crippen LogP contribution in [0.2, 0.25) is 5.02 Å². The van der Waals surface area contributed by atoms with Gasteiger partial charge in [0.05, 0.1) is 35.9 Å². The number of carbonyl (C=O) groups is 1. The first-order chi connectivity index (χ1) is 9.43. The highest BCUT2D eigenvalue weighted by Gasteiger charge is 2.31. The van der Waals surface area contributed by atoms with Gasteiger partial charge >= 0.3 is 0 Å². The van der Waals surface area contributed by atoms with Crippen LogP contribution < -0.4 is 0 Å². The lowest BCUT2D eigenvalue weighted by atomic mass is 10.1. The average Bonchev–Trinajstić information content (AvgIpc) is 2.42. The molecule has 1 amide bonds. The van der Waals surface area contributed by atoms with Crippen molar-refractivity contribution < 1.29 is 19.0 Å². The summed E-state index contributed by atoms with van der Waals surface area (Å²) in [5.41, 5.74) is 0.647. The number of aliphatic hydroxyl groups is 1. The number of hydrogen-bond donors (Lipinski definition) is 1. The predicted molar refractivity (Wildman–Crippen MR) is 73.5 cm³/mol. The van der Waals surface area contributed by atoms with E-state index in [0.717, 1.165) is 6.07 Å². The second kappa shape index (κ2) is 6.08. The Morgan fingerprint density at radius 2 is 2.30 bits per heavy atom. The maximum Gasteiger partial charge on any atom is 0.255 e. The molecule has 2 atom stereocenters. The highest BCUT2D eigenvalue weighted by atomic mass is 35.5. The van der Waals surface area contributed by atoms with E-state index in [1.54, 1.807) is 11.8 Å². The lowest BCUT2D eigenvalue weighted by molar-refractivity contribution is -0.0667. The number of benzene rings is 1. The molecule has 2 rings (SSSR count). The third-order valence-electron chi connectivity index (χ3n) is 3.45. The molecule has 0 bridgehead atoms. The van der Waals surface area contributed by atoms with Crippen molar-refractivity contribution in [1.29, 1.82) is 0 Å². The summed E-state index contributed by atoms with van der Waals surface area (Å²) in [6.45, 7) is 3.95. The van der Waals surface area contributed by atoms with E-state index >= 15 is 0 Å². The van der Waals surface area contributed by atoms with Gasteiger partial charge in [0.2, 0.25) is 0 Å². The molecule has 1 aromatic rings. The summed E-state index contributed by atoms with van der Waals surface area (Å²) in [4.78, 5) is 14.1. The molecule has 0 unspecified atom stereocenters. The van der Waals surface area contributed by atoms with Crippen LogP contribution in [0.1, 0.15) is 22.8 Å². The second-order valence-corrected chi connectivity index (χ2v) is 5.43. The molecule has 0 aromatic heterocycles. The summed E-state index contributed by atoms with van der Waals surface area (Å²) in [6.07, 6.45) is -0.393. The molecule has 0 spiro atoms. The van der Waals surface area contributed by atoms with Crippen LogP contribution in [0.25, 0.3) is 0 Å². The monoisotopic (exact) mass is 301 g/mol. The molecule has 1 aromatic carbocycles. The van der Waals surface area contributed by atoms with Crippen LogP contribution in [-0.4, -0.2) is 47.8 Å². The number of morpholine rings is 1. The quantitative estimate of drug-likeness (QED) is 0.909. The minimum Gasteiger partial charge on any atom is -0.394 e. The fraction of sp³-hybridized carbons (Fsp3) is 0.500. The molecule has 1 fully saturated rings. The topological polar surface area (TPSA) is 49.8 Å². The Morgan fingerprint density at radius 1 is 1.60 bits per heavy atom. The number of aryl methyl sites for hydroxylation is 1. The summed E-state index contributed by atoms with van der Waals surface area (Å²) in [7, 11) is 0. The molecule has 1 aliphatic rings. The van der Waals surface area contributed by atoms with E-state index in [9.17, 15) is 9.18 Å². The molecule has 1 aliphatic heterocycles. The molecule has 0 radical (unpaired) electrons. The van der Waals surface area contributed by atoms with Gasteiger partial charge in [0.15, 0.2) is 0 Å². The molecule has 0 saturated carbocycles. The van der Waals surface area contributed by atoms with Gasteiger partial charge in [-0.1, -0.05) is 11.6 Å². The maximum absolute atomic E-state index is 13.4. The van der Waals surface area contributed by atoms with E-state index < -0.39 is 11.9 Å². The van der Waals surface area contributed by atoms with Crippen molar-refractivity contribution in [3.63, 3.8) is 0 Å². The molecule has 0 aliphatic carbocycles. The first-order valence-electron chi connectivity index (χ1n) is 6.43. The van der Waals surface area contributed by atoms with Crippen molar-refractivity contribution in [2.45, 2.75) is 26.0 Å². The van der Waals surface area contributed by atoms with E-state index in [0.29, 0.717) is 18.7 Å². The Bertz CT molecular complexity index is 523. The van der Waals surface area contributed by atoms with E-state index in [1.165, 1.54) is 6.07 Å². The normalized spacial score (nSPS) is 22.9. The highest BCUT2D eigenvalue weighted by Crippen LogP contribution is 2.24. The Balaban J connectivity index is 2.28. The second-order valence-electron chi connectivity index (χ2n) is 5.03. The van der Waals surface area contributed by atoms with Crippen molar-refractivity contribution in [2.24, 2.45) is 0 Å². The van der Waals surface area contributed by atoms with E-state index in [-0.39, 0.29) is 29.1 Å². The zero-order valence-electron chi connectivity index (χ0n) is 11.4. The maximum atomic E-state index is 13.4. The minimum absolute atomic E-state index is 0.0948. The van der Waals surface area contributed by atoms with Gasteiger partial charge in [0.25, 0.3) is 5.91 Å². The smallest absolute Gasteiger partial charge is 0.255 e. The molecule has 4 nitrogen and oxygen atoms in total. The van der Waals surface area contributed by atoms with Crippen LogP contribution in [0, 0.1) is 12.7 Å². The summed E-state index contributed by atoms with van der Waals surface area (Å²) in [6, 6.07) is 2.49. The summed E-state index contributed by atoms with van der Waals surface area (Å²) in [5.74, 6) is -0.706. The van der Waals surface area contributed by atoms with Crippen LogP contribution in [-0.2, 0) is 4.74 Å². The zero-order valence-corrected chi connectivity index (χ0v) is 12.2. The Kier molecular flexibility index (Phi) is 4.62. The zero-order chi connectivity index (χ0) is 14.9.